The van der Waals surface area contributed by atoms with E-state index >= 15 is 0 Å². The molecule has 0 saturated carbocycles. The van der Waals surface area contributed by atoms with Crippen LogP contribution in [0.1, 0.15) is 24.2 Å². The summed E-state index contributed by atoms with van der Waals surface area (Å²) >= 11 is 3.25. The number of benzene rings is 1. The summed E-state index contributed by atoms with van der Waals surface area (Å²) in [6.07, 6.45) is 0. The Morgan fingerprint density at radius 1 is 1.37 bits per heavy atom. The normalized spacial score (nSPS) is 10.1. The molecule has 0 bridgehead atoms. The smallest absolute Gasteiger partial charge is 0.258 e. The molecule has 0 aliphatic carbocycles. The molecule has 104 valence electrons. The van der Waals surface area contributed by atoms with Crippen LogP contribution in [-0.4, -0.2) is 41.5 Å². The van der Waals surface area contributed by atoms with Gasteiger partial charge in [0.25, 0.3) is 5.91 Å². The molecule has 1 aromatic carbocycles. The third kappa shape index (κ3) is 4.24. The van der Waals surface area contributed by atoms with E-state index in [0.717, 1.165) is 0 Å². The molecule has 0 spiro atoms. The third-order valence-electron chi connectivity index (χ3n) is 2.57. The molecule has 0 saturated heterocycles. The number of rotatable bonds is 5. The zero-order valence-corrected chi connectivity index (χ0v) is 12.5. The first-order valence-corrected chi connectivity index (χ1v) is 6.83. The van der Waals surface area contributed by atoms with Gasteiger partial charge in [-0.3, -0.25) is 9.59 Å². The first kappa shape index (κ1) is 15.5. The monoisotopic (exact) mass is 328 g/mol. The van der Waals surface area contributed by atoms with Crippen molar-refractivity contribution in [1.82, 2.24) is 10.2 Å². The Labute approximate surface area is 120 Å². The predicted molar refractivity (Wildman–Crippen MR) is 76.1 cm³/mol. The van der Waals surface area contributed by atoms with Crippen molar-refractivity contribution < 1.29 is 14.7 Å². The molecule has 6 heteroatoms. The second-order valence-corrected chi connectivity index (χ2v) is 4.85. The van der Waals surface area contributed by atoms with Crippen molar-refractivity contribution in [1.29, 1.82) is 0 Å². The van der Waals surface area contributed by atoms with E-state index in [2.05, 4.69) is 21.2 Å². The topological polar surface area (TPSA) is 69.6 Å². The van der Waals surface area contributed by atoms with Crippen LogP contribution in [0.25, 0.3) is 0 Å². The lowest BCUT2D eigenvalue weighted by molar-refractivity contribution is -0.121. The lowest BCUT2D eigenvalue weighted by atomic mass is 10.1. The fourth-order valence-corrected chi connectivity index (χ4v) is 1.96. The Hall–Kier alpha value is -1.56. The van der Waals surface area contributed by atoms with E-state index in [0.29, 0.717) is 17.6 Å². The van der Waals surface area contributed by atoms with Crippen LogP contribution in [0.5, 0.6) is 5.75 Å². The van der Waals surface area contributed by atoms with Crippen molar-refractivity contribution in [3.63, 3.8) is 0 Å². The summed E-state index contributed by atoms with van der Waals surface area (Å²) in [6.45, 7) is 4.49. The lowest BCUT2D eigenvalue weighted by Gasteiger charge is -2.20. The highest BCUT2D eigenvalue weighted by Crippen LogP contribution is 2.23. The Bertz CT molecular complexity index is 477. The Morgan fingerprint density at radius 2 is 2.05 bits per heavy atom. The molecule has 5 nitrogen and oxygen atoms in total. The van der Waals surface area contributed by atoms with Crippen molar-refractivity contribution in [2.24, 2.45) is 0 Å². The zero-order valence-electron chi connectivity index (χ0n) is 10.9. The van der Waals surface area contributed by atoms with Crippen LogP contribution >= 0.6 is 15.9 Å². The lowest BCUT2D eigenvalue weighted by Crippen LogP contribution is -2.40. The van der Waals surface area contributed by atoms with E-state index in [-0.39, 0.29) is 29.7 Å². The minimum Gasteiger partial charge on any atom is -0.507 e. The molecule has 0 aliphatic rings. The van der Waals surface area contributed by atoms with E-state index in [1.165, 1.54) is 17.0 Å². The SMILES string of the molecule is CCNC(=O)CN(CC)C(=O)c1cc(Br)ccc1O. The number of carbonyl (C=O) groups excluding carboxylic acids is 2. The first-order chi connectivity index (χ1) is 8.99. The van der Waals surface area contributed by atoms with Crippen molar-refractivity contribution in [2.45, 2.75) is 13.8 Å². The molecule has 0 atom stereocenters. The van der Waals surface area contributed by atoms with Crippen LogP contribution in [0.2, 0.25) is 0 Å². The number of nitrogens with zero attached hydrogens (tertiary/aromatic N) is 1. The standard InChI is InChI=1S/C13H17BrN2O3/c1-3-15-12(18)8-16(4-2)13(19)10-7-9(14)5-6-11(10)17/h5-7,17H,3-4,8H2,1-2H3,(H,15,18). The predicted octanol–water partition coefficient (Wildman–Crippen LogP) is 1.75. The summed E-state index contributed by atoms with van der Waals surface area (Å²) in [6, 6.07) is 4.63. The molecular formula is C13H17BrN2O3. The van der Waals surface area contributed by atoms with E-state index in [1.807, 2.05) is 6.92 Å². The van der Waals surface area contributed by atoms with Gasteiger partial charge in [-0.05, 0) is 32.0 Å². The second-order valence-electron chi connectivity index (χ2n) is 3.93. The number of phenols is 1. The molecule has 19 heavy (non-hydrogen) atoms. The second kappa shape index (κ2) is 7.13. The fraction of sp³-hybridized carbons (Fsp3) is 0.385. The molecule has 0 aromatic heterocycles. The Kier molecular flexibility index (Phi) is 5.82. The Morgan fingerprint density at radius 3 is 2.63 bits per heavy atom. The average molecular weight is 329 g/mol. The van der Waals surface area contributed by atoms with Gasteiger partial charge in [-0.25, -0.2) is 0 Å². The van der Waals surface area contributed by atoms with Crippen molar-refractivity contribution in [3.05, 3.63) is 28.2 Å². The molecule has 2 amide bonds. The number of phenolic OH excluding ortho intramolecular Hbond substituents is 1. The highest BCUT2D eigenvalue weighted by atomic mass is 79.9. The maximum atomic E-state index is 12.3. The van der Waals surface area contributed by atoms with Crippen LogP contribution in [0.3, 0.4) is 0 Å². The van der Waals surface area contributed by atoms with Crippen LogP contribution in [0.4, 0.5) is 0 Å². The van der Waals surface area contributed by atoms with Crippen LogP contribution < -0.4 is 5.32 Å². The van der Waals surface area contributed by atoms with E-state index in [4.69, 9.17) is 0 Å². The van der Waals surface area contributed by atoms with Gasteiger partial charge < -0.3 is 15.3 Å². The highest BCUT2D eigenvalue weighted by molar-refractivity contribution is 9.10. The maximum absolute atomic E-state index is 12.3. The van der Waals surface area contributed by atoms with Crippen molar-refractivity contribution in [2.75, 3.05) is 19.6 Å². The number of likely N-dealkylation sites (N-methyl/N-ethyl adjacent to an activating group) is 2. The van der Waals surface area contributed by atoms with Gasteiger partial charge in [-0.1, -0.05) is 15.9 Å². The van der Waals surface area contributed by atoms with Crippen molar-refractivity contribution in [3.8, 4) is 5.75 Å². The average Bonchev–Trinajstić information content (AvgIpc) is 2.38. The number of aromatic hydroxyl groups is 1. The Balaban J connectivity index is 2.89. The van der Waals surface area contributed by atoms with E-state index in [1.54, 1.807) is 13.0 Å². The molecule has 2 N–H and O–H groups in total. The number of amides is 2. The summed E-state index contributed by atoms with van der Waals surface area (Å²) in [4.78, 5) is 25.2. The van der Waals surface area contributed by atoms with Gasteiger partial charge in [0.15, 0.2) is 0 Å². The van der Waals surface area contributed by atoms with Gasteiger partial charge in [0.1, 0.15) is 5.75 Å². The number of nitrogens with one attached hydrogen (secondary N) is 1. The van der Waals surface area contributed by atoms with Gasteiger partial charge in [-0.15, -0.1) is 0 Å². The van der Waals surface area contributed by atoms with Crippen molar-refractivity contribution >= 4 is 27.7 Å². The third-order valence-corrected chi connectivity index (χ3v) is 3.06. The zero-order chi connectivity index (χ0) is 14.4. The first-order valence-electron chi connectivity index (χ1n) is 6.04. The largest absolute Gasteiger partial charge is 0.507 e. The van der Waals surface area contributed by atoms with E-state index in [9.17, 15) is 14.7 Å². The maximum Gasteiger partial charge on any atom is 0.258 e. The summed E-state index contributed by atoms with van der Waals surface area (Å²) in [5.41, 5.74) is 0.181. The van der Waals surface area contributed by atoms with Crippen LogP contribution in [0.15, 0.2) is 22.7 Å². The van der Waals surface area contributed by atoms with Gasteiger partial charge in [-0.2, -0.15) is 0 Å². The number of carbonyl (C=O) groups is 2. The molecule has 1 aromatic rings. The minimum absolute atomic E-state index is 0.0187. The summed E-state index contributed by atoms with van der Waals surface area (Å²) < 4.78 is 0.697. The van der Waals surface area contributed by atoms with Gasteiger partial charge in [0.2, 0.25) is 5.91 Å². The summed E-state index contributed by atoms with van der Waals surface area (Å²) in [7, 11) is 0. The molecule has 0 aliphatic heterocycles. The number of hydrogen-bond acceptors (Lipinski definition) is 3. The number of halogens is 1. The number of hydrogen-bond donors (Lipinski definition) is 2. The molecule has 1 rings (SSSR count). The van der Waals surface area contributed by atoms with Gasteiger partial charge >= 0.3 is 0 Å². The van der Waals surface area contributed by atoms with E-state index < -0.39 is 0 Å². The van der Waals surface area contributed by atoms with Crippen LogP contribution in [0, 0.1) is 0 Å². The van der Waals surface area contributed by atoms with Crippen LogP contribution in [-0.2, 0) is 4.79 Å². The quantitative estimate of drug-likeness (QED) is 0.865. The molecule has 0 fully saturated rings. The van der Waals surface area contributed by atoms with Gasteiger partial charge in [0.05, 0.1) is 12.1 Å². The summed E-state index contributed by atoms with van der Waals surface area (Å²) in [5.74, 6) is -0.678. The minimum atomic E-state index is -0.368. The molecule has 0 radical (unpaired) electrons. The fourth-order valence-electron chi connectivity index (χ4n) is 1.60. The highest BCUT2D eigenvalue weighted by Gasteiger charge is 2.20. The molecule has 0 heterocycles. The van der Waals surface area contributed by atoms with Gasteiger partial charge in [0, 0.05) is 17.6 Å². The summed E-state index contributed by atoms with van der Waals surface area (Å²) in [5, 5.41) is 12.4. The molecular weight excluding hydrogens is 312 g/mol. The molecule has 0 unspecified atom stereocenters.